The maximum absolute atomic E-state index is 11.5. The zero-order valence-electron chi connectivity index (χ0n) is 9.21. The van der Waals surface area contributed by atoms with Crippen LogP contribution < -0.4 is 14.8 Å². The molecule has 1 amide bonds. The molecule has 1 aliphatic heterocycles. The number of hydrogen-bond donors (Lipinski definition) is 1. The standard InChI is InChI=1S/C11H11NO4/c1-5-4-6-7(12-11(14)8(6)13)10(16-3)9(5)15-2/h4H,1-3H3,(H,12,13,14). The number of Topliss-reactive ketones (excluding diaryl/α,β-unsaturated/α-hetero) is 1. The molecule has 1 heterocycles. The number of ether oxygens (including phenoxy) is 2. The number of aryl methyl sites for hydroxylation is 1. The van der Waals surface area contributed by atoms with Gasteiger partial charge in [0.2, 0.25) is 0 Å². The molecule has 0 bridgehead atoms. The molecule has 5 nitrogen and oxygen atoms in total. The van der Waals surface area contributed by atoms with E-state index in [9.17, 15) is 9.59 Å². The van der Waals surface area contributed by atoms with Crippen LogP contribution >= 0.6 is 0 Å². The summed E-state index contributed by atoms with van der Waals surface area (Å²) in [6, 6.07) is 1.62. The average molecular weight is 221 g/mol. The Bertz CT molecular complexity index is 493. The Labute approximate surface area is 92.4 Å². The molecular weight excluding hydrogens is 210 g/mol. The van der Waals surface area contributed by atoms with Crippen molar-refractivity contribution in [3.8, 4) is 11.5 Å². The van der Waals surface area contributed by atoms with Crippen LogP contribution in [-0.4, -0.2) is 25.9 Å². The Morgan fingerprint density at radius 3 is 2.31 bits per heavy atom. The van der Waals surface area contributed by atoms with Crippen LogP contribution in [0.5, 0.6) is 11.5 Å². The molecule has 84 valence electrons. The Kier molecular flexibility index (Phi) is 2.30. The van der Waals surface area contributed by atoms with Crippen LogP contribution in [-0.2, 0) is 4.79 Å². The van der Waals surface area contributed by atoms with E-state index in [1.807, 2.05) is 0 Å². The fourth-order valence-corrected chi connectivity index (χ4v) is 1.81. The molecule has 1 N–H and O–H groups in total. The third-order valence-corrected chi connectivity index (χ3v) is 2.52. The monoisotopic (exact) mass is 221 g/mol. The minimum atomic E-state index is -0.638. The van der Waals surface area contributed by atoms with Crippen LogP contribution in [0.4, 0.5) is 5.69 Å². The van der Waals surface area contributed by atoms with Crippen LogP contribution in [0.2, 0.25) is 0 Å². The number of anilines is 1. The minimum absolute atomic E-state index is 0.333. The first-order valence-electron chi connectivity index (χ1n) is 4.71. The molecule has 0 atom stereocenters. The highest BCUT2D eigenvalue weighted by Crippen LogP contribution is 2.43. The smallest absolute Gasteiger partial charge is 0.296 e. The highest BCUT2D eigenvalue weighted by atomic mass is 16.5. The topological polar surface area (TPSA) is 64.6 Å². The molecular formula is C11H11NO4. The number of benzene rings is 1. The first-order chi connectivity index (χ1) is 7.60. The predicted molar refractivity (Wildman–Crippen MR) is 57.2 cm³/mol. The van der Waals surface area contributed by atoms with E-state index in [0.29, 0.717) is 22.7 Å². The number of nitrogens with one attached hydrogen (secondary N) is 1. The predicted octanol–water partition coefficient (Wildman–Crippen LogP) is 1.15. The molecule has 5 heteroatoms. The van der Waals surface area contributed by atoms with Crippen LogP contribution in [0, 0.1) is 6.92 Å². The van der Waals surface area contributed by atoms with Gasteiger partial charge in [-0.3, -0.25) is 9.59 Å². The van der Waals surface area contributed by atoms with Gasteiger partial charge in [-0.05, 0) is 18.6 Å². The second-order valence-corrected chi connectivity index (χ2v) is 3.47. The van der Waals surface area contributed by atoms with Crippen molar-refractivity contribution in [1.29, 1.82) is 0 Å². The van der Waals surface area contributed by atoms with Crippen LogP contribution in [0.1, 0.15) is 15.9 Å². The Hall–Kier alpha value is -2.04. The number of methoxy groups -OCH3 is 2. The molecule has 2 rings (SSSR count). The van der Waals surface area contributed by atoms with E-state index < -0.39 is 11.7 Å². The lowest BCUT2D eigenvalue weighted by atomic mass is 10.1. The van der Waals surface area contributed by atoms with Gasteiger partial charge in [0.25, 0.3) is 11.7 Å². The average Bonchev–Trinajstić information content (AvgIpc) is 2.54. The highest BCUT2D eigenvalue weighted by Gasteiger charge is 2.33. The van der Waals surface area contributed by atoms with E-state index in [1.165, 1.54) is 14.2 Å². The summed E-state index contributed by atoms with van der Waals surface area (Å²) in [7, 11) is 2.97. The summed E-state index contributed by atoms with van der Waals surface area (Å²) in [4.78, 5) is 22.8. The van der Waals surface area contributed by atoms with E-state index in [1.54, 1.807) is 13.0 Å². The summed E-state index contributed by atoms with van der Waals surface area (Å²) < 4.78 is 10.3. The third-order valence-electron chi connectivity index (χ3n) is 2.52. The van der Waals surface area contributed by atoms with E-state index >= 15 is 0 Å². The fourth-order valence-electron chi connectivity index (χ4n) is 1.81. The van der Waals surface area contributed by atoms with Gasteiger partial charge in [0.15, 0.2) is 11.5 Å². The summed E-state index contributed by atoms with van der Waals surface area (Å²) in [5.41, 5.74) is 1.48. The number of rotatable bonds is 2. The molecule has 1 aromatic carbocycles. The third kappa shape index (κ3) is 1.25. The van der Waals surface area contributed by atoms with Crippen molar-refractivity contribution in [2.24, 2.45) is 0 Å². The molecule has 0 saturated carbocycles. The molecule has 0 spiro atoms. The van der Waals surface area contributed by atoms with Crippen LogP contribution in [0.15, 0.2) is 6.07 Å². The second-order valence-electron chi connectivity index (χ2n) is 3.47. The minimum Gasteiger partial charge on any atom is -0.493 e. The number of ketones is 1. The summed E-state index contributed by atoms with van der Waals surface area (Å²) >= 11 is 0. The lowest BCUT2D eigenvalue weighted by molar-refractivity contribution is -0.112. The molecule has 1 aliphatic rings. The largest absolute Gasteiger partial charge is 0.493 e. The maximum Gasteiger partial charge on any atom is 0.296 e. The molecule has 16 heavy (non-hydrogen) atoms. The van der Waals surface area contributed by atoms with Crippen molar-refractivity contribution in [2.75, 3.05) is 19.5 Å². The van der Waals surface area contributed by atoms with Crippen molar-refractivity contribution < 1.29 is 19.1 Å². The van der Waals surface area contributed by atoms with E-state index in [4.69, 9.17) is 9.47 Å². The van der Waals surface area contributed by atoms with Gasteiger partial charge in [-0.15, -0.1) is 0 Å². The van der Waals surface area contributed by atoms with Crippen molar-refractivity contribution in [3.05, 3.63) is 17.2 Å². The van der Waals surface area contributed by atoms with Gasteiger partial charge >= 0.3 is 0 Å². The van der Waals surface area contributed by atoms with Gasteiger partial charge in [-0.25, -0.2) is 0 Å². The maximum atomic E-state index is 11.5. The lowest BCUT2D eigenvalue weighted by Gasteiger charge is -2.13. The molecule has 0 saturated heterocycles. The Balaban J connectivity index is 2.73. The Morgan fingerprint density at radius 1 is 1.12 bits per heavy atom. The van der Waals surface area contributed by atoms with Gasteiger partial charge in [-0.1, -0.05) is 0 Å². The van der Waals surface area contributed by atoms with Gasteiger partial charge in [0.05, 0.1) is 25.5 Å². The van der Waals surface area contributed by atoms with Crippen LogP contribution in [0.3, 0.4) is 0 Å². The summed E-state index contributed by atoms with van der Waals surface area (Å²) in [6.45, 7) is 1.79. The van der Waals surface area contributed by atoms with Crippen molar-refractivity contribution in [3.63, 3.8) is 0 Å². The molecule has 0 fully saturated rings. The van der Waals surface area contributed by atoms with Crippen molar-refractivity contribution in [1.82, 2.24) is 0 Å². The van der Waals surface area contributed by atoms with E-state index in [2.05, 4.69) is 5.32 Å². The zero-order chi connectivity index (χ0) is 11.9. The van der Waals surface area contributed by atoms with Gasteiger partial charge in [0, 0.05) is 0 Å². The lowest BCUT2D eigenvalue weighted by Crippen LogP contribution is -2.12. The van der Waals surface area contributed by atoms with Gasteiger partial charge in [0.1, 0.15) is 0 Å². The van der Waals surface area contributed by atoms with E-state index in [0.717, 1.165) is 5.56 Å². The number of amides is 1. The number of fused-ring (bicyclic) bond motifs is 1. The summed E-state index contributed by atoms with van der Waals surface area (Å²) in [5, 5.41) is 2.48. The molecule has 1 aromatic rings. The molecule has 0 unspecified atom stereocenters. The van der Waals surface area contributed by atoms with E-state index in [-0.39, 0.29) is 0 Å². The second kappa shape index (κ2) is 3.52. The first kappa shape index (κ1) is 10.5. The molecule has 0 aliphatic carbocycles. The Morgan fingerprint density at radius 2 is 1.75 bits per heavy atom. The van der Waals surface area contributed by atoms with Gasteiger partial charge in [-0.2, -0.15) is 0 Å². The number of hydrogen-bond acceptors (Lipinski definition) is 4. The number of carbonyl (C=O) groups excluding carboxylic acids is 2. The van der Waals surface area contributed by atoms with Crippen LogP contribution in [0.25, 0.3) is 0 Å². The molecule has 0 radical (unpaired) electrons. The number of carbonyl (C=O) groups is 2. The quantitative estimate of drug-likeness (QED) is 0.761. The normalized spacial score (nSPS) is 13.4. The summed E-state index contributed by atoms with van der Waals surface area (Å²) in [5.74, 6) is -0.270. The SMILES string of the molecule is COc1c(C)cc2c(c1OC)NC(=O)C2=O. The fraction of sp³-hybridized carbons (Fsp3) is 0.273. The van der Waals surface area contributed by atoms with Crippen molar-refractivity contribution >= 4 is 17.4 Å². The van der Waals surface area contributed by atoms with Crippen molar-refractivity contribution in [2.45, 2.75) is 6.92 Å². The first-order valence-corrected chi connectivity index (χ1v) is 4.71. The summed E-state index contributed by atoms with van der Waals surface area (Å²) in [6.07, 6.45) is 0. The molecule has 0 aromatic heterocycles. The highest BCUT2D eigenvalue weighted by molar-refractivity contribution is 6.52. The van der Waals surface area contributed by atoms with Gasteiger partial charge < -0.3 is 14.8 Å². The zero-order valence-corrected chi connectivity index (χ0v) is 9.21.